The number of anilines is 2. The van der Waals surface area contributed by atoms with Crippen molar-refractivity contribution in [2.24, 2.45) is 0 Å². The normalized spacial score (nSPS) is 16.4. The van der Waals surface area contributed by atoms with Crippen molar-refractivity contribution in [2.75, 3.05) is 63.1 Å². The molecular formula is C28H32N6O4S. The first-order valence-corrected chi connectivity index (χ1v) is 14.0. The number of carbonyl (C=O) groups excluding carboxylic acids is 3. The molecule has 2 amide bonds. The second kappa shape index (κ2) is 11.4. The largest absolute Gasteiger partial charge is 0.495 e. The van der Waals surface area contributed by atoms with Crippen LogP contribution in [0.4, 0.5) is 10.8 Å². The maximum atomic E-state index is 13.5. The number of amides is 2. The van der Waals surface area contributed by atoms with Crippen molar-refractivity contribution in [1.29, 1.82) is 0 Å². The van der Waals surface area contributed by atoms with Gasteiger partial charge in [-0.3, -0.25) is 14.4 Å². The molecule has 10 nitrogen and oxygen atoms in total. The molecule has 1 saturated heterocycles. The Bertz CT molecular complexity index is 1370. The summed E-state index contributed by atoms with van der Waals surface area (Å²) in [5, 5.41) is 6.17. The highest BCUT2D eigenvalue weighted by Crippen LogP contribution is 2.44. The molecule has 0 bridgehead atoms. The molecule has 204 valence electrons. The van der Waals surface area contributed by atoms with Crippen LogP contribution in [-0.2, 0) is 9.59 Å². The average Bonchev–Trinajstić information content (AvgIpc) is 3.65. The van der Waals surface area contributed by atoms with Gasteiger partial charge in [0.05, 0.1) is 24.9 Å². The lowest BCUT2D eigenvalue weighted by atomic mass is 9.94. The number of nitrogens with one attached hydrogen (secondary N) is 1. The number of hydrogen-bond acceptors (Lipinski definition) is 9. The quantitative estimate of drug-likeness (QED) is 0.428. The lowest BCUT2D eigenvalue weighted by Gasteiger charge is -2.34. The summed E-state index contributed by atoms with van der Waals surface area (Å²) in [6.07, 6.45) is 1.59. The molecule has 1 aromatic carbocycles. The van der Waals surface area contributed by atoms with Gasteiger partial charge < -0.3 is 24.8 Å². The fourth-order valence-electron chi connectivity index (χ4n) is 5.11. The van der Waals surface area contributed by atoms with Gasteiger partial charge in [-0.25, -0.2) is 9.97 Å². The molecule has 0 saturated carbocycles. The van der Waals surface area contributed by atoms with Gasteiger partial charge in [-0.05, 0) is 26.0 Å². The smallest absolute Gasteiger partial charge is 0.290 e. The zero-order valence-corrected chi connectivity index (χ0v) is 23.2. The van der Waals surface area contributed by atoms with Crippen LogP contribution in [0.1, 0.15) is 35.7 Å². The van der Waals surface area contributed by atoms with Gasteiger partial charge in [-0.1, -0.05) is 18.2 Å². The molecule has 0 radical (unpaired) electrons. The van der Waals surface area contributed by atoms with E-state index < -0.39 is 17.6 Å². The van der Waals surface area contributed by atoms with Crippen LogP contribution in [0.2, 0.25) is 0 Å². The van der Waals surface area contributed by atoms with Crippen LogP contribution in [0.15, 0.2) is 41.9 Å². The monoisotopic (exact) mass is 548 g/mol. The van der Waals surface area contributed by atoms with E-state index in [0.717, 1.165) is 18.2 Å². The van der Waals surface area contributed by atoms with E-state index in [1.807, 2.05) is 23.6 Å². The molecular weight excluding hydrogens is 516 g/mol. The second-order valence-corrected chi connectivity index (χ2v) is 10.2. The number of Topliss-reactive ketones (excluding diaryl/α,β-unsaturated/α-hetero) is 1. The molecule has 0 spiro atoms. The highest BCUT2D eigenvalue weighted by molar-refractivity contribution is 7.14. The fraction of sp³-hybridized carbons (Fsp3) is 0.393. The number of nitrogens with zero attached hydrogens (tertiary/aromatic N) is 5. The highest BCUT2D eigenvalue weighted by Gasteiger charge is 2.40. The summed E-state index contributed by atoms with van der Waals surface area (Å²) in [5.74, 6) is -1.35. The van der Waals surface area contributed by atoms with E-state index in [2.05, 4.69) is 29.0 Å². The number of rotatable bonds is 8. The van der Waals surface area contributed by atoms with E-state index >= 15 is 0 Å². The van der Waals surface area contributed by atoms with Crippen molar-refractivity contribution in [3.8, 4) is 17.1 Å². The third-order valence-corrected chi connectivity index (χ3v) is 8.21. The Morgan fingerprint density at radius 2 is 1.77 bits per heavy atom. The van der Waals surface area contributed by atoms with Crippen molar-refractivity contribution < 1.29 is 19.1 Å². The number of ether oxygens (including phenoxy) is 1. The first-order chi connectivity index (χ1) is 19.0. The van der Waals surface area contributed by atoms with E-state index in [1.54, 1.807) is 39.5 Å². The molecule has 0 aliphatic carbocycles. The summed E-state index contributed by atoms with van der Waals surface area (Å²) in [6, 6.07) is 9.07. The maximum absolute atomic E-state index is 13.5. The topological polar surface area (TPSA) is 108 Å². The predicted octanol–water partition coefficient (Wildman–Crippen LogP) is 3.12. The number of pyridine rings is 1. The standard InChI is InChI=1S/C28H32N6O4S/c1-4-32(5-2)28-31-20(17-39-28)23-24-22(21(38-3)16-30-23)19(15-29-24)25(35)27(37)34-13-11-33(12-14-34)26(36)18-9-7-6-8-10-18/h6-10,16-17,19,29H,4-5,11-15H2,1-3H3. The van der Waals surface area contributed by atoms with E-state index in [4.69, 9.17) is 9.72 Å². The Kier molecular flexibility index (Phi) is 7.78. The predicted molar refractivity (Wildman–Crippen MR) is 151 cm³/mol. The van der Waals surface area contributed by atoms with Crippen LogP contribution in [0.25, 0.3) is 11.4 Å². The van der Waals surface area contributed by atoms with Gasteiger partial charge in [0.15, 0.2) is 5.13 Å². The number of piperazine rings is 1. The molecule has 11 heteroatoms. The molecule has 3 aromatic rings. The Balaban J connectivity index is 1.32. The lowest BCUT2D eigenvalue weighted by molar-refractivity contribution is -0.146. The van der Waals surface area contributed by atoms with E-state index in [-0.39, 0.29) is 12.5 Å². The van der Waals surface area contributed by atoms with Gasteiger partial charge in [0.25, 0.3) is 11.8 Å². The maximum Gasteiger partial charge on any atom is 0.290 e. The number of hydrogen-bond donors (Lipinski definition) is 1. The molecule has 4 heterocycles. The lowest BCUT2D eigenvalue weighted by Crippen LogP contribution is -2.52. The van der Waals surface area contributed by atoms with E-state index in [0.29, 0.717) is 60.1 Å². The number of fused-ring (bicyclic) bond motifs is 1. The Morgan fingerprint density at radius 1 is 1.08 bits per heavy atom. The van der Waals surface area contributed by atoms with Crippen LogP contribution < -0.4 is 15.0 Å². The summed E-state index contributed by atoms with van der Waals surface area (Å²) in [5.41, 5.74) is 3.28. The Morgan fingerprint density at radius 3 is 2.44 bits per heavy atom. The van der Waals surface area contributed by atoms with Gasteiger partial charge in [-0.15, -0.1) is 11.3 Å². The molecule has 2 aromatic heterocycles. The molecule has 2 aliphatic rings. The van der Waals surface area contributed by atoms with Gasteiger partial charge in [-0.2, -0.15) is 0 Å². The number of aromatic nitrogens is 2. The second-order valence-electron chi connectivity index (χ2n) is 9.40. The van der Waals surface area contributed by atoms with Gasteiger partial charge in [0.2, 0.25) is 5.78 Å². The van der Waals surface area contributed by atoms with Gasteiger partial charge >= 0.3 is 0 Å². The zero-order valence-electron chi connectivity index (χ0n) is 22.3. The molecule has 39 heavy (non-hydrogen) atoms. The van der Waals surface area contributed by atoms with Gasteiger partial charge in [0.1, 0.15) is 17.1 Å². The number of thiazole rings is 1. The molecule has 1 fully saturated rings. The van der Waals surface area contributed by atoms with Crippen molar-refractivity contribution in [1.82, 2.24) is 19.8 Å². The Hall–Kier alpha value is -3.99. The average molecular weight is 549 g/mol. The summed E-state index contributed by atoms with van der Waals surface area (Å²) in [7, 11) is 1.53. The third-order valence-electron chi connectivity index (χ3n) is 7.30. The van der Waals surface area contributed by atoms with E-state index in [1.165, 1.54) is 7.11 Å². The van der Waals surface area contributed by atoms with Crippen LogP contribution >= 0.6 is 11.3 Å². The molecule has 1 N–H and O–H groups in total. The summed E-state index contributed by atoms with van der Waals surface area (Å²) >= 11 is 1.55. The minimum absolute atomic E-state index is 0.0705. The zero-order chi connectivity index (χ0) is 27.5. The third kappa shape index (κ3) is 5.06. The van der Waals surface area contributed by atoms with E-state index in [9.17, 15) is 14.4 Å². The first kappa shape index (κ1) is 26.6. The number of benzene rings is 1. The summed E-state index contributed by atoms with van der Waals surface area (Å²) < 4.78 is 5.56. The van der Waals surface area contributed by atoms with Crippen LogP contribution in [0.5, 0.6) is 5.75 Å². The highest BCUT2D eigenvalue weighted by atomic mass is 32.1. The molecule has 1 unspecified atom stereocenters. The number of carbonyl (C=O) groups is 3. The Labute approximate surface area is 231 Å². The minimum Gasteiger partial charge on any atom is -0.495 e. The van der Waals surface area contributed by atoms with Crippen molar-refractivity contribution in [2.45, 2.75) is 19.8 Å². The summed E-state index contributed by atoms with van der Waals surface area (Å²) in [6.45, 7) is 7.52. The minimum atomic E-state index is -0.700. The first-order valence-electron chi connectivity index (χ1n) is 13.2. The van der Waals surface area contributed by atoms with Crippen LogP contribution in [0.3, 0.4) is 0 Å². The number of ketones is 1. The summed E-state index contributed by atoms with van der Waals surface area (Å²) in [4.78, 5) is 54.4. The van der Waals surface area contributed by atoms with Crippen LogP contribution in [0, 0.1) is 0 Å². The number of methoxy groups -OCH3 is 1. The van der Waals surface area contributed by atoms with Gasteiger partial charge in [0, 0.05) is 62.3 Å². The van der Waals surface area contributed by atoms with Crippen molar-refractivity contribution in [3.63, 3.8) is 0 Å². The van der Waals surface area contributed by atoms with Crippen LogP contribution in [-0.4, -0.2) is 90.3 Å². The van der Waals surface area contributed by atoms with Crippen molar-refractivity contribution >= 4 is 39.8 Å². The molecule has 5 rings (SSSR count). The van der Waals surface area contributed by atoms with Crippen molar-refractivity contribution in [3.05, 3.63) is 53.0 Å². The SMILES string of the molecule is CCN(CC)c1nc(-c2ncc(OC)c3c2NCC3C(=O)C(=O)N2CCN(C(=O)c3ccccc3)CC2)cs1. The fourth-order valence-corrected chi connectivity index (χ4v) is 6.05. The molecule has 2 aliphatic heterocycles. The molecule has 1 atom stereocenters.